The number of aromatic hydroxyl groups is 1. The molecule has 65 heavy (non-hydrogen) atoms. The molecule has 0 bridgehead atoms. The molecule has 0 amide bonds. The Kier molecular flexibility index (Phi) is 9.22. The van der Waals surface area contributed by atoms with Gasteiger partial charge in [-0.3, -0.25) is 9.55 Å². The number of phenols is 1. The highest BCUT2D eigenvalue weighted by Gasteiger charge is 2.30. The zero-order valence-corrected chi connectivity index (χ0v) is 38.5. The van der Waals surface area contributed by atoms with Crippen LogP contribution < -0.4 is 0 Å². The molecule has 0 saturated carbocycles. The first kappa shape index (κ1) is 36.3. The minimum absolute atomic E-state index is 0.150. The number of fused-ring (bicyclic) bond motifs is 1. The fraction of sp³-hybridized carbons (Fsp3) is 0.213. The molecule has 9 rings (SSSR count). The smallest absolute Gasteiger partial charge is 0.149 e. The Morgan fingerprint density at radius 1 is 0.492 bits per heavy atom. The molecule has 1 N–H and O–H groups in total. The van der Waals surface area contributed by atoms with Crippen molar-refractivity contribution in [2.45, 2.75) is 85.3 Å². The molecule has 4 heteroatoms. The molecule has 0 aliphatic rings. The lowest BCUT2D eigenvalue weighted by Gasteiger charge is -2.28. The molecular weight excluding hydrogens is 791 g/mol. The summed E-state index contributed by atoms with van der Waals surface area (Å²) in [6.45, 7) is 11.9. The molecule has 0 atom stereocenters. The Bertz CT molecular complexity index is 3430. The number of para-hydroxylation sites is 1. The van der Waals surface area contributed by atoms with Crippen molar-refractivity contribution < 1.29 is 13.3 Å². The first-order valence-electron chi connectivity index (χ1n) is 25.3. The largest absolute Gasteiger partial charge is 0.507 e. The molecule has 9 aromatic rings. The number of pyridine rings is 1. The summed E-state index contributed by atoms with van der Waals surface area (Å²) in [5.41, 5.74) is 12.7. The predicted octanol–water partition coefficient (Wildman–Crippen LogP) is 16.3. The van der Waals surface area contributed by atoms with E-state index in [0.717, 1.165) is 78.1 Å². The molecule has 2 aromatic heterocycles. The molecule has 0 aliphatic heterocycles. The van der Waals surface area contributed by atoms with Gasteiger partial charge in [0.15, 0.2) is 0 Å². The first-order valence-corrected chi connectivity index (χ1v) is 22.3. The fourth-order valence-corrected chi connectivity index (χ4v) is 8.69. The maximum Gasteiger partial charge on any atom is 0.149 e. The Labute approximate surface area is 393 Å². The zero-order chi connectivity index (χ0) is 50.8. The molecule has 0 spiro atoms. The summed E-state index contributed by atoms with van der Waals surface area (Å²) in [4.78, 5) is 10.5. The van der Waals surface area contributed by atoms with Crippen molar-refractivity contribution in [3.8, 4) is 78.6 Å². The Morgan fingerprint density at radius 2 is 1.15 bits per heavy atom. The lowest BCUT2D eigenvalue weighted by atomic mass is 9.79. The Balaban J connectivity index is 1.34. The normalized spacial score (nSPS) is 14.0. The van der Waals surface area contributed by atoms with Gasteiger partial charge < -0.3 is 5.11 Å². The van der Waals surface area contributed by atoms with Crippen LogP contribution in [0.5, 0.6) is 5.75 Å². The van der Waals surface area contributed by atoms with E-state index in [2.05, 4.69) is 101 Å². The summed E-state index contributed by atoms with van der Waals surface area (Å²) >= 11 is 0. The zero-order valence-electron chi connectivity index (χ0n) is 44.5. The predicted molar refractivity (Wildman–Crippen MR) is 274 cm³/mol. The topological polar surface area (TPSA) is 50.9 Å². The van der Waals surface area contributed by atoms with E-state index < -0.39 is 24.5 Å². The number of rotatable bonds is 7. The summed E-state index contributed by atoms with van der Waals surface area (Å²) in [6, 6.07) is 53.9. The van der Waals surface area contributed by atoms with E-state index in [9.17, 15) is 5.11 Å². The number of aryl methyl sites for hydroxylation is 1. The molecular formula is C61H59N3O. The van der Waals surface area contributed by atoms with Crippen LogP contribution in [-0.2, 0) is 16.2 Å². The second kappa shape index (κ2) is 16.5. The van der Waals surface area contributed by atoms with E-state index in [1.807, 2.05) is 97.1 Å². The van der Waals surface area contributed by atoms with Gasteiger partial charge in [0.05, 0.1) is 28.0 Å². The monoisotopic (exact) mass is 856 g/mol. The summed E-state index contributed by atoms with van der Waals surface area (Å²) < 4.78 is 51.4. The molecule has 0 saturated heterocycles. The quantitative estimate of drug-likeness (QED) is 0.174. The number of aromatic nitrogens is 3. The van der Waals surface area contributed by atoms with Gasteiger partial charge in [0.25, 0.3) is 0 Å². The van der Waals surface area contributed by atoms with Crippen molar-refractivity contribution in [1.29, 1.82) is 0 Å². The summed E-state index contributed by atoms with van der Waals surface area (Å²) in [5, 5.41) is 12.6. The van der Waals surface area contributed by atoms with Crippen molar-refractivity contribution >= 4 is 11.0 Å². The first-order chi connectivity index (χ1) is 33.4. The van der Waals surface area contributed by atoms with Crippen LogP contribution in [0.4, 0.5) is 0 Å². The molecule has 0 radical (unpaired) electrons. The number of phenolic OH excluding ortho intramolecular Hbond substituents is 1. The van der Waals surface area contributed by atoms with Crippen molar-refractivity contribution in [2.75, 3.05) is 0 Å². The van der Waals surface area contributed by atoms with Gasteiger partial charge in [0.2, 0.25) is 0 Å². The third-order valence-electron chi connectivity index (χ3n) is 12.4. The summed E-state index contributed by atoms with van der Waals surface area (Å²) in [6.07, 6.45) is 1.78. The van der Waals surface area contributed by atoms with E-state index in [1.165, 1.54) is 0 Å². The Hall–Kier alpha value is -7.04. The molecule has 0 fully saturated rings. The maximum absolute atomic E-state index is 12.6. The Morgan fingerprint density at radius 3 is 1.83 bits per heavy atom. The number of benzene rings is 7. The van der Waals surface area contributed by atoms with E-state index in [4.69, 9.17) is 18.2 Å². The van der Waals surface area contributed by atoms with E-state index >= 15 is 0 Å². The van der Waals surface area contributed by atoms with Gasteiger partial charge in [-0.05, 0) is 122 Å². The highest BCUT2D eigenvalue weighted by Crippen LogP contribution is 2.46. The number of hydrogen-bond acceptors (Lipinski definition) is 3. The second-order valence-corrected chi connectivity index (χ2v) is 19.8. The van der Waals surface area contributed by atoms with Gasteiger partial charge in [0.1, 0.15) is 11.6 Å². The molecule has 0 unspecified atom stereocenters. The minimum Gasteiger partial charge on any atom is -0.507 e. The van der Waals surface area contributed by atoms with E-state index in [-0.39, 0.29) is 16.7 Å². The maximum atomic E-state index is 12.6. The van der Waals surface area contributed by atoms with Crippen LogP contribution in [0.15, 0.2) is 170 Å². The van der Waals surface area contributed by atoms with Crippen LogP contribution in [0.3, 0.4) is 0 Å². The lowest BCUT2D eigenvalue weighted by Crippen LogP contribution is -2.17. The van der Waals surface area contributed by atoms with Crippen LogP contribution in [0, 0.1) is 6.85 Å². The third-order valence-corrected chi connectivity index (χ3v) is 12.4. The third kappa shape index (κ3) is 8.54. The van der Waals surface area contributed by atoms with Gasteiger partial charge >= 0.3 is 0 Å². The van der Waals surface area contributed by atoms with E-state index in [0.29, 0.717) is 22.5 Å². The number of imidazole rings is 1. The average Bonchev–Trinajstić information content (AvgIpc) is 3.72. The SMILES string of the molecule is [2H]C([2H])([2H])c1ccc(-c2ccnc(-c3cc(-c4ccccc4)cc(-c4cccc5c4nc(-c4cc(C(C)(C)C)cc(C(C)(C)C)c4O)n5-c4ccc(C(C)(C)C([2H])([2H])[2H])cc4-c4ccccc4)c3)c2)cc1. The number of nitrogens with zero attached hydrogens (tertiary/aromatic N) is 3. The fourth-order valence-electron chi connectivity index (χ4n) is 8.69. The second-order valence-electron chi connectivity index (χ2n) is 19.8. The minimum atomic E-state index is -2.27. The van der Waals surface area contributed by atoms with Crippen molar-refractivity contribution in [3.63, 3.8) is 0 Å². The van der Waals surface area contributed by atoms with Crippen molar-refractivity contribution in [3.05, 3.63) is 192 Å². The van der Waals surface area contributed by atoms with Crippen LogP contribution in [0.25, 0.3) is 83.9 Å². The van der Waals surface area contributed by atoms with Gasteiger partial charge in [-0.1, -0.05) is 177 Å². The molecule has 7 aromatic carbocycles. The highest BCUT2D eigenvalue weighted by molar-refractivity contribution is 5.98. The average molecular weight is 856 g/mol. The van der Waals surface area contributed by atoms with E-state index in [1.54, 1.807) is 32.2 Å². The van der Waals surface area contributed by atoms with Crippen LogP contribution in [0.1, 0.15) is 92.7 Å². The van der Waals surface area contributed by atoms with Crippen LogP contribution in [-0.4, -0.2) is 19.6 Å². The van der Waals surface area contributed by atoms with Crippen molar-refractivity contribution in [2.24, 2.45) is 0 Å². The van der Waals surface area contributed by atoms with Gasteiger partial charge in [-0.25, -0.2) is 4.98 Å². The van der Waals surface area contributed by atoms with Gasteiger partial charge in [0, 0.05) is 36.7 Å². The van der Waals surface area contributed by atoms with Crippen molar-refractivity contribution in [1.82, 2.24) is 14.5 Å². The molecule has 4 nitrogen and oxygen atoms in total. The summed E-state index contributed by atoms with van der Waals surface area (Å²) in [7, 11) is 0. The molecule has 0 aliphatic carbocycles. The van der Waals surface area contributed by atoms with Gasteiger partial charge in [-0.15, -0.1) is 0 Å². The lowest BCUT2D eigenvalue weighted by molar-refractivity contribution is 0.446. The standard InChI is InChI=1S/C61H59N3O/c1-39-24-26-41(27-25-39)43-30-31-62-53(35-43)46-33-44(40-18-13-11-14-19-40)32-45(34-46)49-22-17-23-55-56(49)63-58(51-37-48(60(5,6)7)38-52(57(51)65)61(8,9)10)64(55)54-29-28-47(59(2,3)4)36-50(54)42-20-15-12-16-21-42/h11-38,65H,1-10H3/i1D3,2D3. The molecule has 324 valence electrons. The molecule has 2 heterocycles. The summed E-state index contributed by atoms with van der Waals surface area (Å²) in [5.74, 6) is 0.692. The highest BCUT2D eigenvalue weighted by atomic mass is 16.3. The van der Waals surface area contributed by atoms with Gasteiger partial charge in [-0.2, -0.15) is 0 Å². The van der Waals surface area contributed by atoms with Crippen LogP contribution in [0.2, 0.25) is 0 Å². The van der Waals surface area contributed by atoms with Crippen LogP contribution >= 0.6 is 0 Å². The number of hydrogen-bond donors (Lipinski definition) is 1.